The lowest BCUT2D eigenvalue weighted by molar-refractivity contribution is 0.284. The van der Waals surface area contributed by atoms with Crippen molar-refractivity contribution in [2.45, 2.75) is 13.2 Å². The Morgan fingerprint density at radius 2 is 1.79 bits per heavy atom. The Morgan fingerprint density at radius 3 is 2.57 bits per heavy atom. The second-order valence-corrected chi connectivity index (χ2v) is 7.66. The lowest BCUT2D eigenvalue weighted by Crippen LogP contribution is -2.02. The van der Waals surface area contributed by atoms with Crippen LogP contribution in [-0.2, 0) is 13.2 Å². The molecule has 6 heteroatoms. The predicted molar refractivity (Wildman–Crippen MR) is 116 cm³/mol. The standard InChI is InChI=1S/C22H19ClN2O2S/c1-26-19-12-16(13-24-22-25-18-9-5-6-10-20(18)28-22)11-17(23)21(19)27-14-15-7-3-2-4-8-15/h2-12H,13-14H2,1H3,(H,24,25). The van der Waals surface area contributed by atoms with Crippen LogP contribution in [0.4, 0.5) is 5.13 Å². The smallest absolute Gasteiger partial charge is 0.184 e. The molecule has 0 radical (unpaired) electrons. The van der Waals surface area contributed by atoms with E-state index in [1.807, 2.05) is 60.7 Å². The van der Waals surface area contributed by atoms with E-state index in [0.717, 1.165) is 26.5 Å². The van der Waals surface area contributed by atoms with Gasteiger partial charge in [0, 0.05) is 6.54 Å². The molecule has 4 rings (SSSR count). The monoisotopic (exact) mass is 410 g/mol. The fraction of sp³-hybridized carbons (Fsp3) is 0.136. The lowest BCUT2D eigenvalue weighted by Gasteiger charge is -2.14. The number of nitrogens with zero attached hydrogens (tertiary/aromatic N) is 1. The molecule has 0 saturated heterocycles. The van der Waals surface area contributed by atoms with Crippen LogP contribution in [0.3, 0.4) is 0 Å². The summed E-state index contributed by atoms with van der Waals surface area (Å²) in [6, 6.07) is 21.9. The first-order valence-corrected chi connectivity index (χ1v) is 10.0. The molecule has 0 bridgehead atoms. The van der Waals surface area contributed by atoms with Gasteiger partial charge in [-0.3, -0.25) is 0 Å². The molecule has 4 nitrogen and oxygen atoms in total. The molecule has 0 atom stereocenters. The molecule has 1 aromatic heterocycles. The second-order valence-electron chi connectivity index (χ2n) is 6.22. The van der Waals surface area contributed by atoms with Crippen LogP contribution in [0.2, 0.25) is 5.02 Å². The number of fused-ring (bicyclic) bond motifs is 1. The average molecular weight is 411 g/mol. The van der Waals surface area contributed by atoms with Gasteiger partial charge in [-0.15, -0.1) is 0 Å². The highest BCUT2D eigenvalue weighted by molar-refractivity contribution is 7.22. The van der Waals surface area contributed by atoms with Crippen molar-refractivity contribution >= 4 is 38.3 Å². The quantitative estimate of drug-likeness (QED) is 0.397. The van der Waals surface area contributed by atoms with Gasteiger partial charge in [0.15, 0.2) is 16.6 Å². The molecule has 1 heterocycles. The zero-order valence-corrected chi connectivity index (χ0v) is 16.9. The summed E-state index contributed by atoms with van der Waals surface area (Å²) < 4.78 is 12.6. The number of thiazole rings is 1. The molecule has 28 heavy (non-hydrogen) atoms. The van der Waals surface area contributed by atoms with Crippen molar-refractivity contribution in [1.82, 2.24) is 4.98 Å². The third kappa shape index (κ3) is 4.21. The van der Waals surface area contributed by atoms with Crippen molar-refractivity contribution in [2.75, 3.05) is 12.4 Å². The second kappa shape index (κ2) is 8.50. The van der Waals surface area contributed by atoms with E-state index in [2.05, 4.69) is 16.4 Å². The van der Waals surface area contributed by atoms with Gasteiger partial charge in [-0.25, -0.2) is 4.98 Å². The van der Waals surface area contributed by atoms with Gasteiger partial charge in [0.1, 0.15) is 6.61 Å². The number of anilines is 1. The van der Waals surface area contributed by atoms with Crippen LogP contribution in [0.25, 0.3) is 10.2 Å². The summed E-state index contributed by atoms with van der Waals surface area (Å²) in [6.07, 6.45) is 0. The van der Waals surface area contributed by atoms with Crippen LogP contribution in [0.15, 0.2) is 66.7 Å². The van der Waals surface area contributed by atoms with E-state index >= 15 is 0 Å². The summed E-state index contributed by atoms with van der Waals surface area (Å²) in [5, 5.41) is 4.76. The minimum atomic E-state index is 0.431. The van der Waals surface area contributed by atoms with Crippen molar-refractivity contribution in [2.24, 2.45) is 0 Å². The van der Waals surface area contributed by atoms with Gasteiger partial charge < -0.3 is 14.8 Å². The minimum absolute atomic E-state index is 0.431. The highest BCUT2D eigenvalue weighted by atomic mass is 35.5. The number of rotatable bonds is 7. The molecule has 0 aliphatic carbocycles. The summed E-state index contributed by atoms with van der Waals surface area (Å²) in [4.78, 5) is 4.59. The van der Waals surface area contributed by atoms with Crippen molar-refractivity contribution in [3.05, 3.63) is 82.9 Å². The Balaban J connectivity index is 1.48. The van der Waals surface area contributed by atoms with E-state index in [1.54, 1.807) is 18.4 Å². The number of nitrogens with one attached hydrogen (secondary N) is 1. The summed E-state index contributed by atoms with van der Waals surface area (Å²) in [5.74, 6) is 1.17. The van der Waals surface area contributed by atoms with E-state index in [-0.39, 0.29) is 0 Å². The third-order valence-electron chi connectivity index (χ3n) is 4.25. The molecule has 0 aliphatic heterocycles. The van der Waals surface area contributed by atoms with E-state index in [1.165, 1.54) is 0 Å². The molecular formula is C22H19ClN2O2S. The van der Waals surface area contributed by atoms with Gasteiger partial charge in [0.05, 0.1) is 22.3 Å². The largest absolute Gasteiger partial charge is 0.493 e. The number of ether oxygens (including phenoxy) is 2. The lowest BCUT2D eigenvalue weighted by atomic mass is 10.2. The SMILES string of the molecule is COc1cc(CNc2nc3ccccc3s2)cc(Cl)c1OCc1ccccc1. The first kappa shape index (κ1) is 18.6. The third-order valence-corrected chi connectivity index (χ3v) is 5.53. The topological polar surface area (TPSA) is 43.4 Å². The zero-order valence-electron chi connectivity index (χ0n) is 15.3. The molecule has 0 spiro atoms. The highest BCUT2D eigenvalue weighted by Gasteiger charge is 2.13. The van der Waals surface area contributed by atoms with Crippen molar-refractivity contribution < 1.29 is 9.47 Å². The summed E-state index contributed by atoms with van der Waals surface area (Å²) in [5.41, 5.74) is 3.06. The predicted octanol–water partition coefficient (Wildman–Crippen LogP) is 6.15. The van der Waals surface area contributed by atoms with Crippen molar-refractivity contribution in [3.63, 3.8) is 0 Å². The molecule has 0 saturated carbocycles. The number of halogens is 1. The van der Waals surface area contributed by atoms with E-state index < -0.39 is 0 Å². The average Bonchev–Trinajstić information content (AvgIpc) is 3.15. The fourth-order valence-corrected chi connectivity index (χ4v) is 4.02. The van der Waals surface area contributed by atoms with Crippen LogP contribution < -0.4 is 14.8 Å². The van der Waals surface area contributed by atoms with Crippen molar-refractivity contribution in [1.29, 1.82) is 0 Å². The van der Waals surface area contributed by atoms with E-state index in [0.29, 0.717) is 29.7 Å². The van der Waals surface area contributed by atoms with Crippen LogP contribution in [-0.4, -0.2) is 12.1 Å². The molecule has 0 unspecified atom stereocenters. The number of methoxy groups -OCH3 is 1. The Bertz CT molecular complexity index is 1050. The van der Waals surface area contributed by atoms with Gasteiger partial charge in [0.2, 0.25) is 0 Å². The first-order valence-electron chi connectivity index (χ1n) is 8.85. The van der Waals surface area contributed by atoms with Gasteiger partial charge in [-0.1, -0.05) is 65.4 Å². The first-order chi connectivity index (χ1) is 13.7. The van der Waals surface area contributed by atoms with Crippen LogP contribution >= 0.6 is 22.9 Å². The van der Waals surface area contributed by atoms with E-state index in [4.69, 9.17) is 21.1 Å². The maximum atomic E-state index is 6.48. The Labute approximate surface area is 172 Å². The molecule has 1 N–H and O–H groups in total. The Kier molecular flexibility index (Phi) is 5.65. The maximum Gasteiger partial charge on any atom is 0.184 e. The summed E-state index contributed by atoms with van der Waals surface area (Å²) >= 11 is 8.11. The van der Waals surface area contributed by atoms with Crippen LogP contribution in [0.5, 0.6) is 11.5 Å². The van der Waals surface area contributed by atoms with Gasteiger partial charge in [-0.05, 0) is 35.4 Å². The fourth-order valence-electron chi connectivity index (χ4n) is 2.87. The number of hydrogen-bond acceptors (Lipinski definition) is 5. The van der Waals surface area contributed by atoms with E-state index in [9.17, 15) is 0 Å². The minimum Gasteiger partial charge on any atom is -0.493 e. The molecule has 4 aromatic rings. The summed E-state index contributed by atoms with van der Waals surface area (Å²) in [7, 11) is 1.62. The van der Waals surface area contributed by atoms with Gasteiger partial charge >= 0.3 is 0 Å². The molecular weight excluding hydrogens is 392 g/mol. The molecule has 0 amide bonds. The normalized spacial score (nSPS) is 10.8. The maximum absolute atomic E-state index is 6.48. The summed E-state index contributed by atoms with van der Waals surface area (Å²) in [6.45, 7) is 1.02. The number of hydrogen-bond donors (Lipinski definition) is 1. The molecule has 0 aliphatic rings. The number of aromatic nitrogens is 1. The highest BCUT2D eigenvalue weighted by Crippen LogP contribution is 2.37. The van der Waals surface area contributed by atoms with Crippen molar-refractivity contribution in [3.8, 4) is 11.5 Å². The Morgan fingerprint density at radius 1 is 1.00 bits per heavy atom. The van der Waals surface area contributed by atoms with Crippen LogP contribution in [0, 0.1) is 0 Å². The molecule has 0 fully saturated rings. The van der Waals surface area contributed by atoms with Gasteiger partial charge in [0.25, 0.3) is 0 Å². The van der Waals surface area contributed by atoms with Gasteiger partial charge in [-0.2, -0.15) is 0 Å². The zero-order chi connectivity index (χ0) is 19.3. The molecule has 3 aromatic carbocycles. The molecule has 142 valence electrons. The number of benzene rings is 3. The van der Waals surface area contributed by atoms with Crippen LogP contribution in [0.1, 0.15) is 11.1 Å². The Hall–Kier alpha value is -2.76. The number of para-hydroxylation sites is 1.